The molecular formula is C28H23FO. The van der Waals surface area contributed by atoms with Gasteiger partial charge in [0.05, 0.1) is 6.61 Å². The van der Waals surface area contributed by atoms with Crippen LogP contribution in [0.1, 0.15) is 27.8 Å². The summed E-state index contributed by atoms with van der Waals surface area (Å²) in [5, 5.41) is 1.88. The van der Waals surface area contributed by atoms with Crippen LogP contribution in [-0.2, 0) is 24.2 Å². The van der Waals surface area contributed by atoms with E-state index in [1.165, 1.54) is 22.8 Å². The smallest absolute Gasteiger partial charge is 0.123 e. The van der Waals surface area contributed by atoms with Gasteiger partial charge in [0.2, 0.25) is 0 Å². The summed E-state index contributed by atoms with van der Waals surface area (Å²) in [6.45, 7) is 0.653. The molecule has 30 heavy (non-hydrogen) atoms. The SMILES string of the molecule is COCc1ccc(CCc2ccc(C#Cc3ccc4cc(F)ccc4c3)cc2)cc1. The van der Waals surface area contributed by atoms with E-state index in [2.05, 4.69) is 60.4 Å². The normalized spacial score (nSPS) is 10.6. The molecule has 0 amide bonds. The van der Waals surface area contributed by atoms with E-state index in [9.17, 15) is 4.39 Å². The Labute approximate surface area is 177 Å². The first-order chi connectivity index (χ1) is 14.7. The first kappa shape index (κ1) is 19.9. The van der Waals surface area contributed by atoms with Gasteiger partial charge in [0.25, 0.3) is 0 Å². The highest BCUT2D eigenvalue weighted by atomic mass is 19.1. The molecular weight excluding hydrogens is 371 g/mol. The molecule has 4 aromatic carbocycles. The Bertz CT molecular complexity index is 1200. The number of hydrogen-bond acceptors (Lipinski definition) is 1. The molecule has 0 unspecified atom stereocenters. The lowest BCUT2D eigenvalue weighted by atomic mass is 10.0. The maximum Gasteiger partial charge on any atom is 0.123 e. The highest BCUT2D eigenvalue weighted by molar-refractivity contribution is 5.83. The van der Waals surface area contributed by atoms with Crippen molar-refractivity contribution < 1.29 is 9.13 Å². The molecule has 2 heteroatoms. The van der Waals surface area contributed by atoms with E-state index in [-0.39, 0.29) is 5.82 Å². The minimum atomic E-state index is -0.218. The number of rotatable bonds is 5. The lowest BCUT2D eigenvalue weighted by Gasteiger charge is -2.04. The zero-order valence-electron chi connectivity index (χ0n) is 17.0. The van der Waals surface area contributed by atoms with Crippen LogP contribution in [0.3, 0.4) is 0 Å². The van der Waals surface area contributed by atoms with Crippen LogP contribution < -0.4 is 0 Å². The number of halogens is 1. The molecule has 0 aliphatic heterocycles. The van der Waals surface area contributed by atoms with Gasteiger partial charge in [-0.3, -0.25) is 0 Å². The van der Waals surface area contributed by atoms with Crippen molar-refractivity contribution in [1.82, 2.24) is 0 Å². The van der Waals surface area contributed by atoms with Crippen LogP contribution in [0.25, 0.3) is 10.8 Å². The summed E-state index contributed by atoms with van der Waals surface area (Å²) in [5.41, 5.74) is 5.74. The van der Waals surface area contributed by atoms with Gasteiger partial charge in [0, 0.05) is 18.2 Å². The minimum absolute atomic E-state index is 0.218. The van der Waals surface area contributed by atoms with Crippen molar-refractivity contribution in [3.05, 3.63) is 119 Å². The number of aryl methyl sites for hydroxylation is 2. The summed E-state index contributed by atoms with van der Waals surface area (Å²) in [4.78, 5) is 0. The van der Waals surface area contributed by atoms with Crippen LogP contribution in [0.4, 0.5) is 4.39 Å². The Hall–Kier alpha value is -3.41. The molecule has 0 aliphatic carbocycles. The number of benzene rings is 4. The van der Waals surface area contributed by atoms with E-state index in [0.29, 0.717) is 6.61 Å². The van der Waals surface area contributed by atoms with Gasteiger partial charge in [-0.15, -0.1) is 0 Å². The van der Waals surface area contributed by atoms with Crippen LogP contribution in [0, 0.1) is 17.7 Å². The standard InChI is InChI=1S/C28H23FO/c1-30-20-25-12-9-23(10-13-25)7-4-21-2-5-22(6-3-21)8-11-24-14-15-27-19-28(29)17-16-26(27)18-24/h2-3,5-6,9-10,12-19H,4,7,20H2,1H3. The van der Waals surface area contributed by atoms with Crippen LogP contribution in [0.15, 0.2) is 84.9 Å². The summed E-state index contributed by atoms with van der Waals surface area (Å²) in [5.74, 6) is 6.21. The molecule has 0 saturated heterocycles. The average Bonchev–Trinajstić information content (AvgIpc) is 2.78. The molecule has 0 radical (unpaired) electrons. The molecule has 0 atom stereocenters. The quantitative estimate of drug-likeness (QED) is 0.360. The third-order valence-electron chi connectivity index (χ3n) is 5.14. The molecule has 0 heterocycles. The Morgan fingerprint density at radius 3 is 1.87 bits per heavy atom. The molecule has 0 spiro atoms. The maximum atomic E-state index is 13.3. The monoisotopic (exact) mass is 394 g/mol. The fourth-order valence-electron chi connectivity index (χ4n) is 3.45. The molecule has 0 N–H and O–H groups in total. The van der Waals surface area contributed by atoms with E-state index in [0.717, 1.165) is 34.7 Å². The predicted octanol–water partition coefficient (Wildman–Crippen LogP) is 6.31. The fourth-order valence-corrected chi connectivity index (χ4v) is 3.45. The van der Waals surface area contributed by atoms with Crippen molar-refractivity contribution in [3.8, 4) is 11.8 Å². The third kappa shape index (κ3) is 5.14. The van der Waals surface area contributed by atoms with Crippen LogP contribution in [0.2, 0.25) is 0 Å². The molecule has 4 rings (SSSR count). The van der Waals surface area contributed by atoms with Crippen molar-refractivity contribution >= 4 is 10.8 Å². The first-order valence-corrected chi connectivity index (χ1v) is 10.1. The average molecular weight is 394 g/mol. The molecule has 0 fully saturated rings. The highest BCUT2D eigenvalue weighted by Crippen LogP contribution is 2.17. The minimum Gasteiger partial charge on any atom is -0.380 e. The molecule has 0 aliphatic rings. The Kier molecular flexibility index (Phi) is 6.23. The van der Waals surface area contributed by atoms with Crippen molar-refractivity contribution in [2.75, 3.05) is 7.11 Å². The number of ether oxygens (including phenoxy) is 1. The second kappa shape index (κ2) is 9.39. The number of fused-ring (bicyclic) bond motifs is 1. The van der Waals surface area contributed by atoms with Crippen molar-refractivity contribution in [2.24, 2.45) is 0 Å². The first-order valence-electron chi connectivity index (χ1n) is 10.1. The zero-order valence-corrected chi connectivity index (χ0v) is 17.0. The van der Waals surface area contributed by atoms with E-state index in [1.54, 1.807) is 19.2 Å². The van der Waals surface area contributed by atoms with Gasteiger partial charge in [0.15, 0.2) is 0 Å². The summed E-state index contributed by atoms with van der Waals surface area (Å²) >= 11 is 0. The summed E-state index contributed by atoms with van der Waals surface area (Å²) in [7, 11) is 1.71. The molecule has 148 valence electrons. The van der Waals surface area contributed by atoms with E-state index >= 15 is 0 Å². The van der Waals surface area contributed by atoms with Crippen molar-refractivity contribution in [2.45, 2.75) is 19.4 Å². The second-order valence-electron chi connectivity index (χ2n) is 7.40. The Morgan fingerprint density at radius 1 is 0.633 bits per heavy atom. The third-order valence-corrected chi connectivity index (χ3v) is 5.14. The largest absolute Gasteiger partial charge is 0.380 e. The highest BCUT2D eigenvalue weighted by Gasteiger charge is 1.99. The number of methoxy groups -OCH3 is 1. The Balaban J connectivity index is 1.38. The van der Waals surface area contributed by atoms with Gasteiger partial charge in [-0.05, 0) is 76.7 Å². The van der Waals surface area contributed by atoms with E-state index in [4.69, 9.17) is 4.74 Å². The van der Waals surface area contributed by atoms with Crippen LogP contribution in [0.5, 0.6) is 0 Å². The van der Waals surface area contributed by atoms with Gasteiger partial charge in [-0.1, -0.05) is 60.4 Å². The van der Waals surface area contributed by atoms with Gasteiger partial charge >= 0.3 is 0 Å². The van der Waals surface area contributed by atoms with Crippen molar-refractivity contribution in [1.29, 1.82) is 0 Å². The van der Waals surface area contributed by atoms with Gasteiger partial charge in [0.1, 0.15) is 5.82 Å². The van der Waals surface area contributed by atoms with E-state index < -0.39 is 0 Å². The summed E-state index contributed by atoms with van der Waals surface area (Å²) in [6, 6.07) is 27.7. The summed E-state index contributed by atoms with van der Waals surface area (Å²) in [6.07, 6.45) is 2.01. The second-order valence-corrected chi connectivity index (χ2v) is 7.40. The molecule has 0 bridgehead atoms. The Morgan fingerprint density at radius 2 is 1.17 bits per heavy atom. The fraction of sp³-hybridized carbons (Fsp3) is 0.143. The topological polar surface area (TPSA) is 9.23 Å². The lowest BCUT2D eigenvalue weighted by molar-refractivity contribution is 0.185. The number of hydrogen-bond donors (Lipinski definition) is 0. The molecule has 1 nitrogen and oxygen atoms in total. The van der Waals surface area contributed by atoms with E-state index in [1.807, 2.05) is 18.2 Å². The lowest BCUT2D eigenvalue weighted by Crippen LogP contribution is -1.93. The van der Waals surface area contributed by atoms with Gasteiger partial charge in [-0.25, -0.2) is 4.39 Å². The molecule has 0 aromatic heterocycles. The van der Waals surface area contributed by atoms with Crippen LogP contribution >= 0.6 is 0 Å². The predicted molar refractivity (Wildman–Crippen MR) is 121 cm³/mol. The molecule has 0 saturated carbocycles. The summed E-state index contributed by atoms with van der Waals surface area (Å²) < 4.78 is 18.5. The maximum absolute atomic E-state index is 13.3. The van der Waals surface area contributed by atoms with Gasteiger partial charge in [-0.2, -0.15) is 0 Å². The molecule has 4 aromatic rings. The van der Waals surface area contributed by atoms with Crippen molar-refractivity contribution in [3.63, 3.8) is 0 Å². The zero-order chi connectivity index (χ0) is 20.8. The van der Waals surface area contributed by atoms with Gasteiger partial charge < -0.3 is 4.74 Å². The van der Waals surface area contributed by atoms with Crippen LogP contribution in [-0.4, -0.2) is 7.11 Å².